The average Bonchev–Trinajstić information content (AvgIpc) is 3.23. The second-order valence-electron chi connectivity index (χ2n) is 8.66. The summed E-state index contributed by atoms with van der Waals surface area (Å²) < 4.78 is 1.82. The number of pyridine rings is 2. The van der Waals surface area contributed by atoms with Crippen LogP contribution in [0.5, 0.6) is 0 Å². The van der Waals surface area contributed by atoms with Crippen LogP contribution in [0.3, 0.4) is 0 Å². The summed E-state index contributed by atoms with van der Waals surface area (Å²) in [6.45, 7) is 10.8. The summed E-state index contributed by atoms with van der Waals surface area (Å²) in [5, 5.41) is 8.73. The largest absolute Gasteiger partial charge is 0.368 e. The molecule has 1 atom stereocenters. The number of aromatic nitrogens is 5. The Bertz CT molecular complexity index is 973. The summed E-state index contributed by atoms with van der Waals surface area (Å²) in [6, 6.07) is 4.41. The number of hydrogen-bond donors (Lipinski definition) is 0. The fraction of sp³-hybridized carbons (Fsp3) is 0.478. The lowest BCUT2D eigenvalue weighted by molar-refractivity contribution is 0.312. The number of likely N-dealkylation sites (N-methyl/N-ethyl adjacent to an activating group) is 1. The Hall–Kier alpha value is -2.80. The van der Waals surface area contributed by atoms with Crippen LogP contribution >= 0.6 is 0 Å². The number of rotatable bonds is 6. The van der Waals surface area contributed by atoms with Gasteiger partial charge in [-0.1, -0.05) is 26.0 Å². The van der Waals surface area contributed by atoms with Gasteiger partial charge in [0.15, 0.2) is 0 Å². The van der Waals surface area contributed by atoms with Gasteiger partial charge in [0, 0.05) is 38.6 Å². The van der Waals surface area contributed by atoms with Crippen LogP contribution in [0.15, 0.2) is 43.1 Å². The van der Waals surface area contributed by atoms with E-state index in [0.717, 1.165) is 44.0 Å². The summed E-state index contributed by atoms with van der Waals surface area (Å²) >= 11 is 0. The average molecular weight is 406 g/mol. The fourth-order valence-electron chi connectivity index (χ4n) is 3.79. The van der Waals surface area contributed by atoms with Crippen LogP contribution in [0, 0.1) is 0 Å². The zero-order chi connectivity index (χ0) is 21.1. The zero-order valence-electron chi connectivity index (χ0n) is 18.4. The molecular formula is C23H31N7. The molecule has 3 aromatic rings. The van der Waals surface area contributed by atoms with Gasteiger partial charge < -0.3 is 9.80 Å². The second-order valence-corrected chi connectivity index (χ2v) is 8.66. The van der Waals surface area contributed by atoms with Gasteiger partial charge in [-0.25, -0.2) is 4.68 Å². The molecule has 1 saturated heterocycles. The minimum atomic E-state index is 0.315. The third-order valence-electron chi connectivity index (χ3n) is 5.91. The van der Waals surface area contributed by atoms with Gasteiger partial charge in [0.05, 0.1) is 35.7 Å². The highest BCUT2D eigenvalue weighted by Crippen LogP contribution is 2.24. The van der Waals surface area contributed by atoms with Crippen molar-refractivity contribution < 1.29 is 0 Å². The molecule has 0 spiro atoms. The fourth-order valence-corrected chi connectivity index (χ4v) is 3.79. The number of nitrogens with zero attached hydrogens (tertiary/aromatic N) is 7. The molecule has 1 aliphatic heterocycles. The van der Waals surface area contributed by atoms with Crippen LogP contribution in [0.25, 0.3) is 5.69 Å². The Kier molecular flexibility index (Phi) is 6.08. The number of anilines is 1. The van der Waals surface area contributed by atoms with Crippen LogP contribution in [-0.4, -0.2) is 63.1 Å². The standard InChI is InChI=1S/C23H31N7/c1-17(2)19-10-23(15-24-12-19)30-16-21(26-27-30)9-18(3)20-11-22(14-25-13-20)29-7-5-28(4)6-8-29/h10-18H,5-9H2,1-4H3/t18-/m1/s1. The quantitative estimate of drug-likeness (QED) is 0.627. The summed E-state index contributed by atoms with van der Waals surface area (Å²) in [7, 11) is 2.18. The van der Waals surface area contributed by atoms with Gasteiger partial charge in [-0.3, -0.25) is 9.97 Å². The first kappa shape index (κ1) is 20.5. The first-order valence-corrected chi connectivity index (χ1v) is 10.7. The van der Waals surface area contributed by atoms with E-state index < -0.39 is 0 Å². The highest BCUT2D eigenvalue weighted by atomic mass is 15.4. The number of hydrogen-bond acceptors (Lipinski definition) is 6. The Labute approximate surface area is 178 Å². The van der Waals surface area contributed by atoms with E-state index in [1.165, 1.54) is 16.8 Å². The molecule has 7 heteroatoms. The van der Waals surface area contributed by atoms with E-state index in [9.17, 15) is 0 Å². The molecule has 158 valence electrons. The van der Waals surface area contributed by atoms with Gasteiger partial charge in [0.1, 0.15) is 0 Å². The maximum absolute atomic E-state index is 4.52. The SMILES string of the molecule is CC(C)c1cncc(-n2cc(C[C@@H](C)c3cncc(N4CCN(C)CC4)c3)nn2)c1. The van der Waals surface area contributed by atoms with Crippen molar-refractivity contribution >= 4 is 5.69 Å². The molecule has 0 unspecified atom stereocenters. The van der Waals surface area contributed by atoms with Crippen LogP contribution in [-0.2, 0) is 6.42 Å². The molecule has 0 aliphatic carbocycles. The summed E-state index contributed by atoms with van der Waals surface area (Å²) in [6.07, 6.45) is 10.5. The predicted octanol–water partition coefficient (Wildman–Crippen LogP) is 3.28. The van der Waals surface area contributed by atoms with Crippen LogP contribution in [0.4, 0.5) is 5.69 Å². The first-order valence-electron chi connectivity index (χ1n) is 10.7. The molecule has 0 N–H and O–H groups in total. The van der Waals surface area contributed by atoms with Gasteiger partial charge in [0.2, 0.25) is 0 Å². The van der Waals surface area contributed by atoms with Crippen LogP contribution in [0.2, 0.25) is 0 Å². The van der Waals surface area contributed by atoms with Gasteiger partial charge in [0.25, 0.3) is 0 Å². The summed E-state index contributed by atoms with van der Waals surface area (Å²) in [5.74, 6) is 0.746. The molecule has 4 heterocycles. The maximum Gasteiger partial charge on any atom is 0.0849 e. The first-order chi connectivity index (χ1) is 14.5. The molecule has 30 heavy (non-hydrogen) atoms. The van der Waals surface area contributed by atoms with Crippen molar-refractivity contribution in [3.8, 4) is 5.69 Å². The van der Waals surface area contributed by atoms with Crippen molar-refractivity contribution in [3.63, 3.8) is 0 Å². The molecule has 0 radical (unpaired) electrons. The lowest BCUT2D eigenvalue weighted by Crippen LogP contribution is -2.44. The van der Waals surface area contributed by atoms with Crippen molar-refractivity contribution in [2.45, 2.75) is 39.0 Å². The molecule has 0 saturated carbocycles. The van der Waals surface area contributed by atoms with E-state index in [4.69, 9.17) is 0 Å². The van der Waals surface area contributed by atoms with Gasteiger partial charge >= 0.3 is 0 Å². The number of piperazine rings is 1. The monoisotopic (exact) mass is 405 g/mol. The Balaban J connectivity index is 1.45. The van der Waals surface area contributed by atoms with Crippen molar-refractivity contribution in [3.05, 3.63) is 59.9 Å². The third kappa shape index (κ3) is 4.67. The molecule has 7 nitrogen and oxygen atoms in total. The lowest BCUT2D eigenvalue weighted by Gasteiger charge is -2.34. The summed E-state index contributed by atoms with van der Waals surface area (Å²) in [4.78, 5) is 13.7. The minimum absolute atomic E-state index is 0.315. The Morgan fingerprint density at radius 3 is 2.27 bits per heavy atom. The molecule has 1 aliphatic rings. The second kappa shape index (κ2) is 8.92. The highest BCUT2D eigenvalue weighted by molar-refractivity contribution is 5.47. The zero-order valence-corrected chi connectivity index (χ0v) is 18.4. The molecule has 4 rings (SSSR count). The van der Waals surface area contributed by atoms with E-state index in [0.29, 0.717) is 11.8 Å². The maximum atomic E-state index is 4.52. The van der Waals surface area contributed by atoms with Crippen LogP contribution in [0.1, 0.15) is 49.4 Å². The minimum Gasteiger partial charge on any atom is -0.368 e. The summed E-state index contributed by atoms with van der Waals surface area (Å²) in [5.41, 5.74) is 5.58. The molecular weight excluding hydrogens is 374 g/mol. The van der Waals surface area contributed by atoms with E-state index in [1.807, 2.05) is 35.7 Å². The molecule has 3 aromatic heterocycles. The van der Waals surface area contributed by atoms with Crippen LogP contribution < -0.4 is 4.90 Å². The Morgan fingerprint density at radius 1 is 0.867 bits per heavy atom. The highest BCUT2D eigenvalue weighted by Gasteiger charge is 2.17. The van der Waals surface area contributed by atoms with Crippen molar-refractivity contribution in [2.24, 2.45) is 0 Å². The van der Waals surface area contributed by atoms with Crippen molar-refractivity contribution in [1.82, 2.24) is 29.9 Å². The van der Waals surface area contributed by atoms with E-state index in [1.54, 1.807) is 0 Å². The van der Waals surface area contributed by atoms with Gasteiger partial charge in [-0.05, 0) is 48.6 Å². The normalized spacial score (nSPS) is 16.2. The van der Waals surface area contributed by atoms with E-state index in [-0.39, 0.29) is 0 Å². The third-order valence-corrected chi connectivity index (χ3v) is 5.91. The van der Waals surface area contributed by atoms with Crippen molar-refractivity contribution in [2.75, 3.05) is 38.1 Å². The molecule has 0 amide bonds. The van der Waals surface area contributed by atoms with E-state index in [2.05, 4.69) is 70.0 Å². The lowest BCUT2D eigenvalue weighted by atomic mass is 9.97. The van der Waals surface area contributed by atoms with Gasteiger partial charge in [-0.15, -0.1) is 5.10 Å². The predicted molar refractivity (Wildman–Crippen MR) is 119 cm³/mol. The topological polar surface area (TPSA) is 63.0 Å². The Morgan fingerprint density at radius 2 is 1.53 bits per heavy atom. The smallest absolute Gasteiger partial charge is 0.0849 e. The molecule has 0 aromatic carbocycles. The van der Waals surface area contributed by atoms with Gasteiger partial charge in [-0.2, -0.15) is 0 Å². The molecule has 1 fully saturated rings. The van der Waals surface area contributed by atoms with E-state index >= 15 is 0 Å². The van der Waals surface area contributed by atoms with Crippen molar-refractivity contribution in [1.29, 1.82) is 0 Å². The molecule has 0 bridgehead atoms.